The third kappa shape index (κ3) is 5.45. The largest absolute Gasteiger partial charge is 0.724 e. The number of anilines is 2. The highest BCUT2D eigenvalue weighted by Crippen LogP contribution is 2.27. The van der Waals surface area contributed by atoms with Gasteiger partial charge in [-0.15, -0.1) is 0 Å². The molecule has 0 amide bonds. The van der Waals surface area contributed by atoms with Crippen LogP contribution in [0.25, 0.3) is 0 Å². The fraction of sp³-hybridized carbons (Fsp3) is 0. The van der Waals surface area contributed by atoms with Crippen LogP contribution in [0.4, 0.5) is 11.4 Å². The molecule has 31 heavy (non-hydrogen) atoms. The lowest BCUT2D eigenvalue weighted by atomic mass is 10.3. The summed E-state index contributed by atoms with van der Waals surface area (Å²) >= 11 is 0. The zero-order chi connectivity index (χ0) is 21.5. The molecule has 4 rings (SSSR count). The average molecular weight is 414 g/mol. The molecule has 7 nitrogen and oxygen atoms in total. The molecule has 0 heterocycles. The standard InChI is InChI=1S/C24H18N2O5/c27-25(19-7-3-1-4-8-19)30-23-15-11-21(12-16-23)29-22-13-17-24(18-14-22)31-26(28)20-9-5-2-6-10-20/h1-18H/q-2. The minimum atomic E-state index is 0.381. The zero-order valence-electron chi connectivity index (χ0n) is 16.3. The van der Waals surface area contributed by atoms with E-state index in [4.69, 9.17) is 14.4 Å². The van der Waals surface area contributed by atoms with Crippen molar-refractivity contribution in [3.05, 3.63) is 120 Å². The Morgan fingerprint density at radius 3 is 1.10 bits per heavy atom. The van der Waals surface area contributed by atoms with E-state index in [0.717, 1.165) is 0 Å². The minimum Gasteiger partial charge on any atom is -0.724 e. The molecule has 156 valence electrons. The molecule has 0 fully saturated rings. The van der Waals surface area contributed by atoms with E-state index in [1.807, 2.05) is 12.1 Å². The summed E-state index contributed by atoms with van der Waals surface area (Å²) in [4.78, 5) is 10.5. The van der Waals surface area contributed by atoms with Crippen LogP contribution in [-0.4, -0.2) is 0 Å². The van der Waals surface area contributed by atoms with Crippen LogP contribution in [0.3, 0.4) is 0 Å². The van der Waals surface area contributed by atoms with Crippen LogP contribution in [0.1, 0.15) is 0 Å². The first-order valence-corrected chi connectivity index (χ1v) is 9.46. The summed E-state index contributed by atoms with van der Waals surface area (Å²) in [5.41, 5.74) is 0.795. The molecule has 0 unspecified atom stereocenters. The van der Waals surface area contributed by atoms with Crippen LogP contribution in [0.2, 0.25) is 0 Å². The number of ether oxygens (including phenoxy) is 1. The maximum absolute atomic E-state index is 12.0. The lowest BCUT2D eigenvalue weighted by molar-refractivity contribution is 0.318. The number of hydrogen-bond donors (Lipinski definition) is 0. The van der Waals surface area contributed by atoms with Crippen molar-refractivity contribution in [2.24, 2.45) is 0 Å². The fourth-order valence-electron chi connectivity index (χ4n) is 2.67. The van der Waals surface area contributed by atoms with E-state index in [-0.39, 0.29) is 0 Å². The van der Waals surface area contributed by atoms with E-state index in [0.29, 0.717) is 44.8 Å². The fourth-order valence-corrected chi connectivity index (χ4v) is 2.67. The van der Waals surface area contributed by atoms with E-state index in [9.17, 15) is 10.4 Å². The summed E-state index contributed by atoms with van der Waals surface area (Å²) in [6, 6.07) is 30.6. The highest BCUT2D eigenvalue weighted by molar-refractivity contribution is 5.47. The van der Waals surface area contributed by atoms with Crippen molar-refractivity contribution >= 4 is 11.4 Å². The van der Waals surface area contributed by atoms with Gasteiger partial charge >= 0.3 is 0 Å². The van der Waals surface area contributed by atoms with Crippen molar-refractivity contribution in [2.75, 3.05) is 10.5 Å². The first-order chi connectivity index (χ1) is 15.2. The van der Waals surface area contributed by atoms with Gasteiger partial charge < -0.3 is 24.8 Å². The van der Waals surface area contributed by atoms with Gasteiger partial charge in [0.25, 0.3) is 0 Å². The molecular weight excluding hydrogens is 396 g/mol. The van der Waals surface area contributed by atoms with Gasteiger partial charge in [0, 0.05) is 0 Å². The molecule has 0 N–H and O–H groups in total. The first kappa shape index (κ1) is 20.1. The van der Waals surface area contributed by atoms with E-state index >= 15 is 0 Å². The van der Waals surface area contributed by atoms with Crippen LogP contribution in [0.5, 0.6) is 23.0 Å². The molecule has 0 aliphatic heterocycles. The Kier molecular flexibility index (Phi) is 6.18. The van der Waals surface area contributed by atoms with E-state index in [2.05, 4.69) is 0 Å². The van der Waals surface area contributed by atoms with E-state index in [1.165, 1.54) is 0 Å². The van der Waals surface area contributed by atoms with Crippen LogP contribution >= 0.6 is 0 Å². The summed E-state index contributed by atoms with van der Waals surface area (Å²) in [7, 11) is 0. The van der Waals surface area contributed by atoms with Gasteiger partial charge in [-0.25, -0.2) is 0 Å². The molecule has 4 aromatic carbocycles. The predicted octanol–water partition coefficient (Wildman–Crippen LogP) is 6.08. The zero-order valence-corrected chi connectivity index (χ0v) is 16.3. The summed E-state index contributed by atoms with van der Waals surface area (Å²) in [5.74, 6) is 1.89. The van der Waals surface area contributed by atoms with Gasteiger partial charge in [-0.05, 0) is 72.8 Å². The Morgan fingerprint density at radius 2 is 0.742 bits per heavy atom. The van der Waals surface area contributed by atoms with Gasteiger partial charge in [-0.3, -0.25) is 10.5 Å². The van der Waals surface area contributed by atoms with Crippen molar-refractivity contribution in [3.8, 4) is 23.0 Å². The van der Waals surface area contributed by atoms with Gasteiger partial charge in [0.05, 0.1) is 11.4 Å². The van der Waals surface area contributed by atoms with Crippen molar-refractivity contribution in [2.45, 2.75) is 0 Å². The molecule has 0 radical (unpaired) electrons. The molecule has 0 spiro atoms. The average Bonchev–Trinajstić information content (AvgIpc) is 2.82. The smallest absolute Gasteiger partial charge is 0.154 e. The molecule has 0 atom stereocenters. The topological polar surface area (TPSA) is 80.3 Å². The van der Waals surface area contributed by atoms with Gasteiger partial charge in [0.2, 0.25) is 0 Å². The monoisotopic (exact) mass is 414 g/mol. The van der Waals surface area contributed by atoms with Crippen molar-refractivity contribution in [1.82, 2.24) is 0 Å². The maximum atomic E-state index is 12.0. The predicted molar refractivity (Wildman–Crippen MR) is 119 cm³/mol. The highest BCUT2D eigenvalue weighted by Gasteiger charge is 2.03. The van der Waals surface area contributed by atoms with E-state index in [1.54, 1.807) is 97.1 Å². The third-order valence-corrected chi connectivity index (χ3v) is 4.19. The molecule has 0 bridgehead atoms. The second-order valence-electron chi connectivity index (χ2n) is 6.41. The van der Waals surface area contributed by atoms with Gasteiger partial charge in [0.15, 0.2) is 11.5 Å². The van der Waals surface area contributed by atoms with Gasteiger partial charge in [-0.2, -0.15) is 0 Å². The number of rotatable bonds is 8. The van der Waals surface area contributed by atoms with Crippen LogP contribution < -0.4 is 24.9 Å². The molecule has 0 aromatic heterocycles. The molecule has 0 saturated carbocycles. The SMILES string of the molecule is [O-]N(Oc1ccc(Oc2ccc(ON([O-])c3ccccc3)cc2)cc1)c1ccccc1. The summed E-state index contributed by atoms with van der Waals surface area (Å²) in [5, 5.41) is 24.9. The number of hydrogen-bond acceptors (Lipinski definition) is 7. The van der Waals surface area contributed by atoms with Gasteiger partial charge in [-0.1, -0.05) is 36.4 Å². The lowest BCUT2D eigenvalue weighted by Crippen LogP contribution is -2.19. The summed E-state index contributed by atoms with van der Waals surface area (Å²) in [6.45, 7) is 0. The molecule has 0 saturated heterocycles. The normalized spacial score (nSPS) is 10.3. The quantitative estimate of drug-likeness (QED) is 0.323. The maximum Gasteiger partial charge on any atom is 0.154 e. The Labute approximate surface area is 179 Å². The highest BCUT2D eigenvalue weighted by atomic mass is 16.9. The first-order valence-electron chi connectivity index (χ1n) is 9.46. The van der Waals surface area contributed by atoms with Crippen molar-refractivity contribution in [3.63, 3.8) is 0 Å². The number of benzene rings is 4. The molecule has 4 aromatic rings. The van der Waals surface area contributed by atoms with E-state index < -0.39 is 0 Å². The minimum absolute atomic E-state index is 0.381. The van der Waals surface area contributed by atoms with Crippen LogP contribution in [0, 0.1) is 10.4 Å². The van der Waals surface area contributed by atoms with Crippen LogP contribution in [0.15, 0.2) is 109 Å². The molecule has 0 aliphatic rings. The summed E-state index contributed by atoms with van der Waals surface area (Å²) < 4.78 is 5.77. The Balaban J connectivity index is 1.33. The second kappa shape index (κ2) is 9.53. The van der Waals surface area contributed by atoms with Gasteiger partial charge in [0.1, 0.15) is 11.5 Å². The Hall–Kier alpha value is -4.20. The third-order valence-electron chi connectivity index (χ3n) is 4.19. The molecule has 7 heteroatoms. The second-order valence-corrected chi connectivity index (χ2v) is 6.41. The van der Waals surface area contributed by atoms with Crippen molar-refractivity contribution < 1.29 is 14.4 Å². The Morgan fingerprint density at radius 1 is 0.419 bits per heavy atom. The summed E-state index contributed by atoms with van der Waals surface area (Å²) in [6.07, 6.45) is 0. The number of para-hydroxylation sites is 2. The van der Waals surface area contributed by atoms with Crippen molar-refractivity contribution in [1.29, 1.82) is 0 Å². The Bertz CT molecular complexity index is 985. The van der Waals surface area contributed by atoms with Crippen LogP contribution in [-0.2, 0) is 0 Å². The molecular formula is C24H18N2O5-2. The number of nitrogens with zero attached hydrogens (tertiary/aromatic N) is 2. The lowest BCUT2D eigenvalue weighted by Gasteiger charge is -2.29. The molecule has 0 aliphatic carbocycles.